The number of carbonyl (C=O) groups is 4. The molecular formula is C19H37N5O5. The van der Waals surface area contributed by atoms with E-state index in [1.165, 1.54) is 0 Å². The maximum absolute atomic E-state index is 12.8. The summed E-state index contributed by atoms with van der Waals surface area (Å²) in [6, 6.07) is -2.85. The van der Waals surface area contributed by atoms with Gasteiger partial charge < -0.3 is 32.5 Å². The van der Waals surface area contributed by atoms with Crippen molar-refractivity contribution in [3.05, 3.63) is 0 Å². The Morgan fingerprint density at radius 1 is 0.897 bits per heavy atom. The van der Waals surface area contributed by atoms with Crippen LogP contribution >= 0.6 is 0 Å². The van der Waals surface area contributed by atoms with Gasteiger partial charge in [0.1, 0.15) is 18.1 Å². The third-order valence-electron chi connectivity index (χ3n) is 4.81. The summed E-state index contributed by atoms with van der Waals surface area (Å²) >= 11 is 0. The van der Waals surface area contributed by atoms with Crippen LogP contribution in [-0.4, -0.2) is 60.0 Å². The van der Waals surface area contributed by atoms with Gasteiger partial charge in [-0.1, -0.05) is 34.1 Å². The Balaban J connectivity index is 5.36. The standard InChI is InChI=1S/C19H37N5O5/c1-5-12(4)16(19(28)29)24-17(26)13(8-6-7-9-20)22-18(27)15(11(2)3)23-14(25)10-21/h11-13,15-16H,5-10,20-21H2,1-4H3,(H,22,27)(H,23,25)(H,24,26)(H,28,29). The molecule has 0 saturated heterocycles. The van der Waals surface area contributed by atoms with Crippen LogP contribution in [0.4, 0.5) is 0 Å². The highest BCUT2D eigenvalue weighted by molar-refractivity contribution is 5.93. The molecule has 0 heterocycles. The monoisotopic (exact) mass is 415 g/mol. The number of nitrogens with one attached hydrogen (secondary N) is 3. The molecule has 0 saturated carbocycles. The number of carbonyl (C=O) groups excluding carboxylic acids is 3. The molecule has 4 unspecified atom stereocenters. The van der Waals surface area contributed by atoms with Crippen LogP contribution in [0.2, 0.25) is 0 Å². The van der Waals surface area contributed by atoms with Gasteiger partial charge in [0, 0.05) is 0 Å². The third kappa shape index (κ3) is 9.71. The fourth-order valence-electron chi connectivity index (χ4n) is 2.73. The topological polar surface area (TPSA) is 177 Å². The molecule has 10 nitrogen and oxygen atoms in total. The summed E-state index contributed by atoms with van der Waals surface area (Å²) < 4.78 is 0. The van der Waals surface area contributed by atoms with E-state index in [1.54, 1.807) is 20.8 Å². The van der Waals surface area contributed by atoms with Crippen LogP contribution in [0.3, 0.4) is 0 Å². The first-order valence-electron chi connectivity index (χ1n) is 10.1. The summed E-state index contributed by atoms with van der Waals surface area (Å²) in [6.07, 6.45) is 2.11. The molecule has 168 valence electrons. The van der Waals surface area contributed by atoms with E-state index in [0.29, 0.717) is 32.2 Å². The average Bonchev–Trinajstić information content (AvgIpc) is 2.67. The molecule has 0 aromatic heterocycles. The maximum Gasteiger partial charge on any atom is 0.326 e. The van der Waals surface area contributed by atoms with Gasteiger partial charge in [-0.05, 0) is 37.6 Å². The molecular weight excluding hydrogens is 378 g/mol. The molecule has 0 fully saturated rings. The van der Waals surface area contributed by atoms with Crippen LogP contribution in [-0.2, 0) is 19.2 Å². The van der Waals surface area contributed by atoms with E-state index in [-0.39, 0.29) is 18.4 Å². The zero-order valence-electron chi connectivity index (χ0n) is 17.9. The van der Waals surface area contributed by atoms with Crippen LogP contribution in [0.15, 0.2) is 0 Å². The molecule has 8 N–H and O–H groups in total. The molecule has 0 aromatic carbocycles. The third-order valence-corrected chi connectivity index (χ3v) is 4.81. The van der Waals surface area contributed by atoms with E-state index in [9.17, 15) is 24.3 Å². The lowest BCUT2D eigenvalue weighted by atomic mass is 9.98. The van der Waals surface area contributed by atoms with Gasteiger partial charge in [-0.15, -0.1) is 0 Å². The second-order valence-electron chi connectivity index (χ2n) is 7.55. The summed E-state index contributed by atoms with van der Waals surface area (Å²) in [7, 11) is 0. The predicted molar refractivity (Wildman–Crippen MR) is 110 cm³/mol. The highest BCUT2D eigenvalue weighted by Gasteiger charge is 2.31. The molecule has 0 rings (SSSR count). The van der Waals surface area contributed by atoms with Gasteiger partial charge in [0.05, 0.1) is 6.54 Å². The van der Waals surface area contributed by atoms with Gasteiger partial charge in [-0.3, -0.25) is 14.4 Å². The lowest BCUT2D eigenvalue weighted by Gasteiger charge is -2.27. The molecule has 10 heteroatoms. The molecule has 0 aliphatic rings. The number of hydrogen-bond donors (Lipinski definition) is 6. The summed E-state index contributed by atoms with van der Waals surface area (Å²) in [5, 5.41) is 17.1. The van der Waals surface area contributed by atoms with Gasteiger partial charge in [-0.2, -0.15) is 0 Å². The summed E-state index contributed by atoms with van der Waals surface area (Å²) in [5.41, 5.74) is 10.8. The molecule has 29 heavy (non-hydrogen) atoms. The van der Waals surface area contributed by atoms with E-state index < -0.39 is 41.8 Å². The van der Waals surface area contributed by atoms with Crippen LogP contribution in [0, 0.1) is 11.8 Å². The van der Waals surface area contributed by atoms with Crippen molar-refractivity contribution in [2.24, 2.45) is 23.3 Å². The number of unbranched alkanes of at least 4 members (excludes halogenated alkanes) is 1. The van der Waals surface area contributed by atoms with Gasteiger partial charge >= 0.3 is 5.97 Å². The Morgan fingerprint density at radius 2 is 1.52 bits per heavy atom. The van der Waals surface area contributed by atoms with Crippen molar-refractivity contribution in [1.29, 1.82) is 0 Å². The SMILES string of the molecule is CCC(C)C(NC(=O)C(CCCCN)NC(=O)C(NC(=O)CN)C(C)C)C(=O)O. The van der Waals surface area contributed by atoms with E-state index in [2.05, 4.69) is 16.0 Å². The first kappa shape index (κ1) is 26.8. The Morgan fingerprint density at radius 3 is 1.97 bits per heavy atom. The molecule has 0 spiro atoms. The Hall–Kier alpha value is -2.20. The highest BCUT2D eigenvalue weighted by atomic mass is 16.4. The number of amides is 3. The van der Waals surface area contributed by atoms with Gasteiger partial charge in [0.25, 0.3) is 0 Å². The maximum atomic E-state index is 12.8. The second-order valence-corrected chi connectivity index (χ2v) is 7.55. The van der Waals surface area contributed by atoms with Crippen molar-refractivity contribution in [3.63, 3.8) is 0 Å². The van der Waals surface area contributed by atoms with E-state index >= 15 is 0 Å². The van der Waals surface area contributed by atoms with Gasteiger partial charge in [0.15, 0.2) is 0 Å². The van der Waals surface area contributed by atoms with Crippen LogP contribution in [0.5, 0.6) is 0 Å². The fourth-order valence-corrected chi connectivity index (χ4v) is 2.73. The van der Waals surface area contributed by atoms with Crippen molar-refractivity contribution in [2.45, 2.75) is 71.5 Å². The minimum atomic E-state index is -1.13. The Labute approximate surface area is 172 Å². The Bertz CT molecular complexity index is 555. The molecule has 0 aliphatic carbocycles. The highest BCUT2D eigenvalue weighted by Crippen LogP contribution is 2.10. The van der Waals surface area contributed by atoms with E-state index in [0.717, 1.165) is 0 Å². The van der Waals surface area contributed by atoms with Crippen molar-refractivity contribution >= 4 is 23.7 Å². The molecule has 0 radical (unpaired) electrons. The second kappa shape index (κ2) is 13.9. The van der Waals surface area contributed by atoms with Gasteiger partial charge in [0.2, 0.25) is 17.7 Å². The molecule has 0 bridgehead atoms. The number of aliphatic carboxylic acids is 1. The lowest BCUT2D eigenvalue weighted by Crippen LogP contribution is -2.58. The van der Waals surface area contributed by atoms with Crippen molar-refractivity contribution in [1.82, 2.24) is 16.0 Å². The molecule has 0 aromatic rings. The van der Waals surface area contributed by atoms with Crippen LogP contribution in [0.1, 0.15) is 53.4 Å². The molecule has 4 atom stereocenters. The number of carboxylic acids is 1. The Kier molecular flexibility index (Phi) is 12.8. The molecule has 0 aliphatic heterocycles. The first-order chi connectivity index (χ1) is 13.6. The summed E-state index contributed by atoms with van der Waals surface area (Å²) in [4.78, 5) is 48.6. The number of rotatable bonds is 14. The zero-order chi connectivity index (χ0) is 22.6. The fraction of sp³-hybridized carbons (Fsp3) is 0.789. The normalized spacial score (nSPS) is 15.1. The minimum Gasteiger partial charge on any atom is -0.480 e. The quantitative estimate of drug-likeness (QED) is 0.203. The largest absolute Gasteiger partial charge is 0.480 e. The minimum absolute atomic E-state index is 0.231. The average molecular weight is 416 g/mol. The first-order valence-corrected chi connectivity index (χ1v) is 10.1. The summed E-state index contributed by atoms with van der Waals surface area (Å²) in [6.45, 7) is 7.26. The number of hydrogen-bond acceptors (Lipinski definition) is 6. The molecule has 3 amide bonds. The van der Waals surface area contributed by atoms with Gasteiger partial charge in [-0.25, -0.2) is 4.79 Å². The zero-order valence-corrected chi connectivity index (χ0v) is 17.9. The number of nitrogens with two attached hydrogens (primary N) is 2. The van der Waals surface area contributed by atoms with Crippen LogP contribution < -0.4 is 27.4 Å². The predicted octanol–water partition coefficient (Wildman–Crippen LogP) is -0.685. The number of carboxylic acid groups (broad SMARTS) is 1. The smallest absolute Gasteiger partial charge is 0.326 e. The van der Waals surface area contributed by atoms with E-state index in [4.69, 9.17) is 11.5 Å². The van der Waals surface area contributed by atoms with E-state index in [1.807, 2.05) is 6.92 Å². The lowest BCUT2D eigenvalue weighted by molar-refractivity contribution is -0.144. The van der Waals surface area contributed by atoms with Crippen molar-refractivity contribution in [3.8, 4) is 0 Å². The van der Waals surface area contributed by atoms with Crippen molar-refractivity contribution < 1.29 is 24.3 Å². The van der Waals surface area contributed by atoms with Crippen molar-refractivity contribution in [2.75, 3.05) is 13.1 Å². The summed E-state index contributed by atoms with van der Waals surface area (Å²) in [5.74, 6) is -3.21. The van der Waals surface area contributed by atoms with Crippen LogP contribution in [0.25, 0.3) is 0 Å².